The predicted octanol–water partition coefficient (Wildman–Crippen LogP) is 2.85. The first-order chi connectivity index (χ1) is 13.0. The van der Waals surface area contributed by atoms with Crippen molar-refractivity contribution in [3.8, 4) is 16.2 Å². The first-order valence-corrected chi connectivity index (χ1v) is 10.0. The minimum Gasteiger partial charge on any atom is -0.497 e. The van der Waals surface area contributed by atoms with Gasteiger partial charge in [-0.25, -0.2) is 4.98 Å². The zero-order valence-electron chi connectivity index (χ0n) is 15.5. The number of primary amides is 1. The van der Waals surface area contributed by atoms with Gasteiger partial charge in [0.05, 0.1) is 17.0 Å². The van der Waals surface area contributed by atoms with Crippen LogP contribution in [0, 0.1) is 18.8 Å². The van der Waals surface area contributed by atoms with Crippen molar-refractivity contribution in [1.82, 2.24) is 9.88 Å². The van der Waals surface area contributed by atoms with Gasteiger partial charge in [0.25, 0.3) is 5.91 Å². The lowest BCUT2D eigenvalue weighted by Crippen LogP contribution is -2.46. The van der Waals surface area contributed by atoms with Gasteiger partial charge in [-0.2, -0.15) is 0 Å². The number of fused-ring (bicyclic) bond motifs is 1. The van der Waals surface area contributed by atoms with Crippen molar-refractivity contribution < 1.29 is 14.3 Å². The average Bonchev–Trinajstić information content (AvgIpc) is 3.34. The molecule has 1 aliphatic heterocycles. The van der Waals surface area contributed by atoms with E-state index in [0.717, 1.165) is 40.5 Å². The van der Waals surface area contributed by atoms with Crippen LogP contribution in [0.1, 0.15) is 34.8 Å². The normalized spacial score (nSPS) is 24.1. The van der Waals surface area contributed by atoms with E-state index in [1.807, 2.05) is 31.2 Å². The molecular weight excluding hydrogens is 362 g/mol. The molecule has 7 heteroatoms. The van der Waals surface area contributed by atoms with Crippen molar-refractivity contribution >= 4 is 23.2 Å². The number of carbonyl (C=O) groups excluding carboxylic acids is 2. The molecule has 0 radical (unpaired) electrons. The van der Waals surface area contributed by atoms with Crippen molar-refractivity contribution in [2.24, 2.45) is 17.6 Å². The third-order valence-electron chi connectivity index (χ3n) is 5.71. The van der Waals surface area contributed by atoms with E-state index in [4.69, 9.17) is 10.5 Å². The molecule has 0 unspecified atom stereocenters. The second kappa shape index (κ2) is 6.96. The molecule has 0 bridgehead atoms. The molecule has 142 valence electrons. The standard InChI is InChI=1S/C20H23N3O3S/c1-11-22-16(18(27-11)12-5-3-7-14(9-12)26-2)20(25)23-10-13-6-4-8-15(13)17(23)19(21)24/h3,5,7,9,13,15,17H,4,6,8,10H2,1-2H3,(H2,21,24)/t13-,15-,17-/m0/s1. The zero-order valence-corrected chi connectivity index (χ0v) is 16.3. The van der Waals surface area contributed by atoms with Crippen LogP contribution in [0.15, 0.2) is 24.3 Å². The van der Waals surface area contributed by atoms with Gasteiger partial charge in [0, 0.05) is 6.54 Å². The molecule has 6 nitrogen and oxygen atoms in total. The molecule has 3 atom stereocenters. The Bertz CT molecular complexity index is 894. The summed E-state index contributed by atoms with van der Waals surface area (Å²) < 4.78 is 5.31. The maximum Gasteiger partial charge on any atom is 0.274 e. The number of rotatable bonds is 4. The molecule has 1 saturated heterocycles. The van der Waals surface area contributed by atoms with Crippen LogP contribution in [0.25, 0.3) is 10.4 Å². The van der Waals surface area contributed by atoms with Crippen molar-refractivity contribution in [3.05, 3.63) is 35.0 Å². The number of thiazole rings is 1. The lowest BCUT2D eigenvalue weighted by Gasteiger charge is -2.25. The molecule has 2 heterocycles. The molecular formula is C20H23N3O3S. The highest BCUT2D eigenvalue weighted by atomic mass is 32.1. The Labute approximate surface area is 162 Å². The predicted molar refractivity (Wildman–Crippen MR) is 104 cm³/mol. The van der Waals surface area contributed by atoms with Crippen molar-refractivity contribution in [3.63, 3.8) is 0 Å². The topological polar surface area (TPSA) is 85.5 Å². The summed E-state index contributed by atoms with van der Waals surface area (Å²) in [7, 11) is 1.61. The Balaban J connectivity index is 1.71. The zero-order chi connectivity index (χ0) is 19.1. The minimum atomic E-state index is -0.523. The van der Waals surface area contributed by atoms with Gasteiger partial charge in [0.1, 0.15) is 17.5 Å². The number of methoxy groups -OCH3 is 1. The van der Waals surface area contributed by atoms with Crippen molar-refractivity contribution in [2.75, 3.05) is 13.7 Å². The number of ether oxygens (including phenoxy) is 1. The molecule has 1 aliphatic carbocycles. The van der Waals surface area contributed by atoms with Gasteiger partial charge in [-0.05, 0) is 49.3 Å². The quantitative estimate of drug-likeness (QED) is 0.877. The molecule has 2 aromatic rings. The molecule has 4 rings (SSSR count). The van der Waals surface area contributed by atoms with Gasteiger partial charge in [0.15, 0.2) is 0 Å². The van der Waals surface area contributed by atoms with Gasteiger partial charge in [-0.3, -0.25) is 9.59 Å². The maximum absolute atomic E-state index is 13.4. The molecule has 0 spiro atoms. The van der Waals surface area contributed by atoms with E-state index in [1.54, 1.807) is 12.0 Å². The Morgan fingerprint density at radius 3 is 2.89 bits per heavy atom. The summed E-state index contributed by atoms with van der Waals surface area (Å²) in [6, 6.07) is 7.07. The summed E-state index contributed by atoms with van der Waals surface area (Å²) in [5.74, 6) is 0.670. The summed E-state index contributed by atoms with van der Waals surface area (Å²) in [6.07, 6.45) is 3.12. The lowest BCUT2D eigenvalue weighted by molar-refractivity contribution is -0.122. The number of benzene rings is 1. The molecule has 27 heavy (non-hydrogen) atoms. The van der Waals surface area contributed by atoms with Crippen molar-refractivity contribution in [1.29, 1.82) is 0 Å². The van der Waals surface area contributed by atoms with E-state index in [0.29, 0.717) is 18.2 Å². The number of likely N-dealkylation sites (tertiary alicyclic amines) is 1. The van der Waals surface area contributed by atoms with Gasteiger partial charge in [-0.1, -0.05) is 18.6 Å². The summed E-state index contributed by atoms with van der Waals surface area (Å²) in [6.45, 7) is 2.47. The first kappa shape index (κ1) is 18.0. The summed E-state index contributed by atoms with van der Waals surface area (Å²) in [4.78, 5) is 32.5. The summed E-state index contributed by atoms with van der Waals surface area (Å²) >= 11 is 1.47. The average molecular weight is 385 g/mol. The summed E-state index contributed by atoms with van der Waals surface area (Å²) in [5, 5.41) is 0.811. The van der Waals surface area contributed by atoms with E-state index < -0.39 is 11.9 Å². The van der Waals surface area contributed by atoms with Crippen LogP contribution in [0.4, 0.5) is 0 Å². The maximum atomic E-state index is 13.4. The highest BCUT2D eigenvalue weighted by molar-refractivity contribution is 7.15. The molecule has 1 saturated carbocycles. The van der Waals surface area contributed by atoms with Gasteiger partial charge < -0.3 is 15.4 Å². The Morgan fingerprint density at radius 1 is 1.33 bits per heavy atom. The Hall–Kier alpha value is -2.41. The molecule has 1 aromatic heterocycles. The monoisotopic (exact) mass is 385 g/mol. The second-order valence-corrected chi connectivity index (χ2v) is 8.51. The third-order valence-corrected chi connectivity index (χ3v) is 6.73. The largest absolute Gasteiger partial charge is 0.497 e. The van der Waals surface area contributed by atoms with E-state index in [-0.39, 0.29) is 11.8 Å². The van der Waals surface area contributed by atoms with Crippen molar-refractivity contribution in [2.45, 2.75) is 32.2 Å². The van der Waals surface area contributed by atoms with Crippen LogP contribution in [-0.4, -0.2) is 41.4 Å². The minimum absolute atomic E-state index is 0.187. The molecule has 2 aliphatic rings. The van der Waals surface area contributed by atoms with Gasteiger partial charge in [0.2, 0.25) is 5.91 Å². The van der Waals surface area contributed by atoms with Crippen LogP contribution in [0.2, 0.25) is 0 Å². The van der Waals surface area contributed by atoms with Crippen LogP contribution >= 0.6 is 11.3 Å². The van der Waals surface area contributed by atoms with E-state index in [2.05, 4.69) is 4.98 Å². The molecule has 2 amide bonds. The van der Waals surface area contributed by atoms with Gasteiger partial charge >= 0.3 is 0 Å². The number of hydrogen-bond donors (Lipinski definition) is 1. The summed E-state index contributed by atoms with van der Waals surface area (Å²) in [5.41, 5.74) is 6.97. The number of carbonyl (C=O) groups is 2. The fourth-order valence-electron chi connectivity index (χ4n) is 4.55. The van der Waals surface area contributed by atoms with E-state index in [9.17, 15) is 9.59 Å². The lowest BCUT2D eigenvalue weighted by atomic mass is 9.93. The molecule has 1 aromatic carbocycles. The number of nitrogens with two attached hydrogens (primary N) is 1. The Kier molecular flexibility index (Phi) is 4.63. The second-order valence-electron chi connectivity index (χ2n) is 7.30. The molecule has 2 fully saturated rings. The van der Waals surface area contributed by atoms with E-state index >= 15 is 0 Å². The number of aromatic nitrogens is 1. The van der Waals surface area contributed by atoms with Crippen LogP contribution < -0.4 is 10.5 Å². The molecule has 2 N–H and O–H groups in total. The van der Waals surface area contributed by atoms with Crippen LogP contribution in [-0.2, 0) is 4.79 Å². The van der Waals surface area contributed by atoms with E-state index in [1.165, 1.54) is 11.3 Å². The Morgan fingerprint density at radius 2 is 2.15 bits per heavy atom. The number of nitrogens with zero attached hydrogens (tertiary/aromatic N) is 2. The SMILES string of the molecule is COc1cccc(-c2sc(C)nc2C(=O)N2C[C@@H]3CCC[C@@H]3[C@H]2C(N)=O)c1. The van der Waals surface area contributed by atoms with Crippen LogP contribution in [0.3, 0.4) is 0 Å². The first-order valence-electron chi connectivity index (χ1n) is 9.21. The highest BCUT2D eigenvalue weighted by Crippen LogP contribution is 2.43. The number of hydrogen-bond acceptors (Lipinski definition) is 5. The fourth-order valence-corrected chi connectivity index (χ4v) is 5.45. The van der Waals surface area contributed by atoms with Crippen LogP contribution in [0.5, 0.6) is 5.75 Å². The smallest absolute Gasteiger partial charge is 0.274 e. The number of aryl methyl sites for hydroxylation is 1. The number of amides is 2. The highest BCUT2D eigenvalue weighted by Gasteiger charge is 2.49. The van der Waals surface area contributed by atoms with Gasteiger partial charge in [-0.15, -0.1) is 11.3 Å². The fraction of sp³-hybridized carbons (Fsp3) is 0.450. The third kappa shape index (κ3) is 3.10.